The van der Waals surface area contributed by atoms with Gasteiger partial charge in [-0.15, -0.1) is 0 Å². The molecule has 1 aliphatic rings. The summed E-state index contributed by atoms with van der Waals surface area (Å²) in [4.78, 5) is 24.0. The maximum Gasteiger partial charge on any atom is 0.389 e. The number of aliphatic carboxylic acids is 1. The minimum absolute atomic E-state index is 0.0262. The minimum Gasteiger partial charge on any atom is -0.480 e. The number of nitrogens with one attached hydrogen (secondary N) is 2. The Morgan fingerprint density at radius 1 is 1.32 bits per heavy atom. The Kier molecular flexibility index (Phi) is 6.92. The van der Waals surface area contributed by atoms with Gasteiger partial charge in [-0.2, -0.15) is 13.2 Å². The van der Waals surface area contributed by atoms with E-state index in [9.17, 15) is 22.8 Å². The molecule has 3 N–H and O–H groups in total. The summed E-state index contributed by atoms with van der Waals surface area (Å²) in [5.41, 5.74) is 0. The fraction of sp³-hybridized carbons (Fsp3) is 0.846. The van der Waals surface area contributed by atoms with Gasteiger partial charge in [0, 0.05) is 25.0 Å². The zero-order valence-electron chi connectivity index (χ0n) is 12.4. The standard InChI is InChI=1S/C13H22F3N3O3/c1-2-19(8-11(20)21)10-6-9(7-10)18-12(22)17-5-3-4-13(14,15)16/h9-10H,2-8H2,1H3,(H,20,21)(H2,17,18,22). The van der Waals surface area contributed by atoms with Gasteiger partial charge >= 0.3 is 18.2 Å². The quantitative estimate of drug-likeness (QED) is 0.592. The van der Waals surface area contributed by atoms with Gasteiger partial charge in [0.2, 0.25) is 0 Å². The second-order valence-electron chi connectivity index (χ2n) is 5.40. The van der Waals surface area contributed by atoms with E-state index in [4.69, 9.17) is 5.11 Å². The Morgan fingerprint density at radius 2 is 1.95 bits per heavy atom. The van der Waals surface area contributed by atoms with Gasteiger partial charge in [0.15, 0.2) is 0 Å². The van der Waals surface area contributed by atoms with E-state index in [-0.39, 0.29) is 31.6 Å². The predicted molar refractivity (Wildman–Crippen MR) is 73.5 cm³/mol. The fourth-order valence-corrected chi connectivity index (χ4v) is 2.40. The highest BCUT2D eigenvalue weighted by molar-refractivity contribution is 5.74. The molecule has 0 aromatic heterocycles. The number of hydrogen-bond acceptors (Lipinski definition) is 3. The van der Waals surface area contributed by atoms with Crippen LogP contribution < -0.4 is 10.6 Å². The summed E-state index contributed by atoms with van der Waals surface area (Å²) in [5, 5.41) is 13.8. The molecule has 0 bridgehead atoms. The van der Waals surface area contributed by atoms with E-state index in [2.05, 4.69) is 10.6 Å². The summed E-state index contributed by atoms with van der Waals surface area (Å²) in [6.07, 6.45) is -3.97. The Balaban J connectivity index is 2.14. The number of carbonyl (C=O) groups excluding carboxylic acids is 1. The van der Waals surface area contributed by atoms with E-state index in [0.29, 0.717) is 19.4 Å². The van der Waals surface area contributed by atoms with Gasteiger partial charge < -0.3 is 15.7 Å². The molecule has 9 heteroatoms. The lowest BCUT2D eigenvalue weighted by atomic mass is 9.85. The summed E-state index contributed by atoms with van der Waals surface area (Å²) >= 11 is 0. The van der Waals surface area contributed by atoms with Crippen LogP contribution in [-0.2, 0) is 4.79 Å². The van der Waals surface area contributed by atoms with Crippen LogP contribution >= 0.6 is 0 Å². The van der Waals surface area contributed by atoms with Crippen molar-refractivity contribution in [3.05, 3.63) is 0 Å². The third kappa shape index (κ3) is 6.97. The summed E-state index contributed by atoms with van der Waals surface area (Å²) < 4.78 is 35.8. The Bertz CT molecular complexity index is 384. The number of amides is 2. The number of likely N-dealkylation sites (N-methyl/N-ethyl adjacent to an activating group) is 1. The summed E-state index contributed by atoms with van der Waals surface area (Å²) in [6, 6.07) is -0.418. The number of nitrogens with zero attached hydrogens (tertiary/aromatic N) is 1. The Morgan fingerprint density at radius 3 is 2.45 bits per heavy atom. The third-order valence-corrected chi connectivity index (χ3v) is 3.63. The van der Waals surface area contributed by atoms with Crippen LogP contribution in [0.15, 0.2) is 0 Å². The van der Waals surface area contributed by atoms with Crippen LogP contribution in [0.5, 0.6) is 0 Å². The fourth-order valence-electron chi connectivity index (χ4n) is 2.40. The number of hydrogen-bond donors (Lipinski definition) is 3. The van der Waals surface area contributed by atoms with Crippen molar-refractivity contribution in [1.82, 2.24) is 15.5 Å². The zero-order chi connectivity index (χ0) is 16.8. The van der Waals surface area contributed by atoms with E-state index >= 15 is 0 Å². The number of rotatable bonds is 8. The molecule has 0 aliphatic heterocycles. The molecule has 0 aromatic carbocycles. The number of carbonyl (C=O) groups is 2. The second kappa shape index (κ2) is 8.21. The van der Waals surface area contributed by atoms with E-state index in [0.717, 1.165) is 0 Å². The highest BCUT2D eigenvalue weighted by atomic mass is 19.4. The normalized spacial score (nSPS) is 21.3. The van der Waals surface area contributed by atoms with Crippen molar-refractivity contribution >= 4 is 12.0 Å². The maximum atomic E-state index is 11.9. The van der Waals surface area contributed by atoms with Gasteiger partial charge in [-0.1, -0.05) is 6.92 Å². The monoisotopic (exact) mass is 325 g/mol. The molecule has 6 nitrogen and oxygen atoms in total. The first-order valence-corrected chi connectivity index (χ1v) is 7.28. The lowest BCUT2D eigenvalue weighted by Crippen LogP contribution is -2.56. The number of urea groups is 1. The van der Waals surface area contributed by atoms with Gasteiger partial charge in [0.05, 0.1) is 6.54 Å². The smallest absolute Gasteiger partial charge is 0.389 e. The highest BCUT2D eigenvalue weighted by Gasteiger charge is 2.34. The minimum atomic E-state index is -4.20. The van der Waals surface area contributed by atoms with Crippen molar-refractivity contribution in [3.8, 4) is 0 Å². The molecule has 22 heavy (non-hydrogen) atoms. The maximum absolute atomic E-state index is 11.9. The van der Waals surface area contributed by atoms with Gasteiger partial charge in [0.1, 0.15) is 0 Å². The predicted octanol–water partition coefficient (Wildman–Crippen LogP) is 1.57. The van der Waals surface area contributed by atoms with E-state index < -0.39 is 24.6 Å². The molecule has 0 radical (unpaired) electrons. The molecule has 0 heterocycles. The Hall–Kier alpha value is -1.51. The average Bonchev–Trinajstić information content (AvgIpc) is 2.35. The summed E-state index contributed by atoms with van der Waals surface area (Å²) in [7, 11) is 0. The largest absolute Gasteiger partial charge is 0.480 e. The zero-order valence-corrected chi connectivity index (χ0v) is 12.4. The average molecular weight is 325 g/mol. The first kappa shape index (κ1) is 18.5. The molecular weight excluding hydrogens is 303 g/mol. The van der Waals surface area contributed by atoms with Crippen LogP contribution in [-0.4, -0.2) is 59.9 Å². The van der Waals surface area contributed by atoms with Crippen molar-refractivity contribution < 1.29 is 27.9 Å². The first-order valence-electron chi connectivity index (χ1n) is 7.28. The second-order valence-corrected chi connectivity index (χ2v) is 5.40. The van der Waals surface area contributed by atoms with Crippen LogP contribution in [0, 0.1) is 0 Å². The SMILES string of the molecule is CCN(CC(=O)O)C1CC(NC(=O)NCCCC(F)(F)F)C1. The summed E-state index contributed by atoms with van der Waals surface area (Å²) in [6.45, 7) is 2.43. The Labute approximate surface area is 127 Å². The summed E-state index contributed by atoms with van der Waals surface area (Å²) in [5.74, 6) is -0.888. The van der Waals surface area contributed by atoms with E-state index in [1.807, 2.05) is 11.8 Å². The van der Waals surface area contributed by atoms with Gasteiger partial charge in [0.25, 0.3) is 0 Å². The number of carboxylic acids is 1. The lowest BCUT2D eigenvalue weighted by Gasteiger charge is -2.42. The van der Waals surface area contributed by atoms with Crippen molar-refractivity contribution in [3.63, 3.8) is 0 Å². The molecule has 1 saturated carbocycles. The molecule has 0 spiro atoms. The number of halogens is 3. The molecule has 1 aliphatic carbocycles. The lowest BCUT2D eigenvalue weighted by molar-refractivity contribution is -0.139. The van der Waals surface area contributed by atoms with Crippen LogP contribution in [0.3, 0.4) is 0 Å². The van der Waals surface area contributed by atoms with Crippen LogP contribution in [0.1, 0.15) is 32.6 Å². The first-order chi connectivity index (χ1) is 10.2. The van der Waals surface area contributed by atoms with E-state index in [1.165, 1.54) is 0 Å². The molecule has 0 atom stereocenters. The molecule has 1 rings (SSSR count). The van der Waals surface area contributed by atoms with Crippen molar-refractivity contribution in [2.24, 2.45) is 0 Å². The molecule has 0 aromatic rings. The van der Waals surface area contributed by atoms with Crippen LogP contribution in [0.25, 0.3) is 0 Å². The number of carboxylic acid groups (broad SMARTS) is 1. The molecule has 128 valence electrons. The molecular formula is C13H22F3N3O3. The molecule has 2 amide bonds. The molecule has 0 unspecified atom stereocenters. The molecule has 1 fully saturated rings. The van der Waals surface area contributed by atoms with Gasteiger partial charge in [-0.25, -0.2) is 4.79 Å². The highest BCUT2D eigenvalue weighted by Crippen LogP contribution is 2.25. The topological polar surface area (TPSA) is 81.7 Å². The van der Waals surface area contributed by atoms with Crippen LogP contribution in [0.2, 0.25) is 0 Å². The van der Waals surface area contributed by atoms with Crippen molar-refractivity contribution in [1.29, 1.82) is 0 Å². The number of alkyl halides is 3. The van der Waals surface area contributed by atoms with Crippen LogP contribution in [0.4, 0.5) is 18.0 Å². The van der Waals surface area contributed by atoms with Crippen molar-refractivity contribution in [2.45, 2.75) is 50.9 Å². The van der Waals surface area contributed by atoms with E-state index in [1.54, 1.807) is 0 Å². The van der Waals surface area contributed by atoms with Crippen molar-refractivity contribution in [2.75, 3.05) is 19.6 Å². The molecule has 0 saturated heterocycles. The third-order valence-electron chi connectivity index (χ3n) is 3.63. The van der Waals surface area contributed by atoms with Gasteiger partial charge in [-0.05, 0) is 25.8 Å². The van der Waals surface area contributed by atoms with Gasteiger partial charge in [-0.3, -0.25) is 9.69 Å².